The third kappa shape index (κ3) is 6.52. The van der Waals surface area contributed by atoms with Gasteiger partial charge in [-0.2, -0.15) is 4.98 Å². The van der Waals surface area contributed by atoms with Gasteiger partial charge in [0.1, 0.15) is 18.0 Å². The van der Waals surface area contributed by atoms with Gasteiger partial charge in [-0.1, -0.05) is 57.5 Å². The maximum atomic E-state index is 15.1. The number of amides is 1. The number of rotatable bonds is 8. The second-order valence-electron chi connectivity index (χ2n) is 12.5. The molecular formula is C34H40ClFN8O2. The van der Waals surface area contributed by atoms with Crippen LogP contribution >= 0.6 is 11.6 Å². The van der Waals surface area contributed by atoms with E-state index in [1.54, 1.807) is 35.2 Å². The van der Waals surface area contributed by atoms with Crippen molar-refractivity contribution in [1.82, 2.24) is 34.3 Å². The van der Waals surface area contributed by atoms with Crippen molar-refractivity contribution >= 4 is 34.4 Å². The number of anilines is 1. The highest BCUT2D eigenvalue weighted by atomic mass is 35.5. The Morgan fingerprint density at radius 3 is 2.37 bits per heavy atom. The quantitative estimate of drug-likeness (QED) is 0.234. The summed E-state index contributed by atoms with van der Waals surface area (Å²) in [5, 5.41) is 0.742. The molecule has 1 unspecified atom stereocenters. The SMILES string of the molecule is CC(C)c1ncnc(C(C)C)c1-n1c(=O)nc(N2CCN(C(=O)/C=C/CN(C)C)CC2C)c2cc(Cl)c(-c3ccccc3F)nc21. The van der Waals surface area contributed by atoms with Gasteiger partial charge in [-0.05, 0) is 51.1 Å². The fraction of sp³-hybridized carbons (Fsp3) is 0.412. The first-order chi connectivity index (χ1) is 21.9. The average Bonchev–Trinajstić information content (AvgIpc) is 3.00. The summed E-state index contributed by atoms with van der Waals surface area (Å²) in [4.78, 5) is 51.6. The van der Waals surface area contributed by atoms with Crippen LogP contribution in [0.25, 0.3) is 28.0 Å². The summed E-state index contributed by atoms with van der Waals surface area (Å²) < 4.78 is 16.5. The molecule has 1 atom stereocenters. The Kier molecular flexibility index (Phi) is 9.83. The first kappa shape index (κ1) is 33.2. The van der Waals surface area contributed by atoms with E-state index in [4.69, 9.17) is 16.6 Å². The van der Waals surface area contributed by atoms with E-state index in [9.17, 15) is 9.59 Å². The van der Waals surface area contributed by atoms with E-state index in [1.165, 1.54) is 17.0 Å². The number of carbonyl (C=O) groups is 1. The zero-order valence-electron chi connectivity index (χ0n) is 27.3. The van der Waals surface area contributed by atoms with Gasteiger partial charge in [0.15, 0.2) is 5.65 Å². The number of hydrogen-bond acceptors (Lipinski definition) is 8. The third-order valence-corrected chi connectivity index (χ3v) is 8.36. The second kappa shape index (κ2) is 13.6. The van der Waals surface area contributed by atoms with Gasteiger partial charge in [-0.15, -0.1) is 0 Å². The molecule has 1 aliphatic heterocycles. The van der Waals surface area contributed by atoms with E-state index < -0.39 is 11.5 Å². The molecule has 0 spiro atoms. The molecule has 0 bridgehead atoms. The second-order valence-corrected chi connectivity index (χ2v) is 12.9. The van der Waals surface area contributed by atoms with Gasteiger partial charge in [-0.25, -0.2) is 28.7 Å². The van der Waals surface area contributed by atoms with Crippen LogP contribution in [0.2, 0.25) is 5.02 Å². The van der Waals surface area contributed by atoms with Crippen molar-refractivity contribution in [2.75, 3.05) is 45.2 Å². The minimum Gasteiger partial charge on any atom is -0.350 e. The fourth-order valence-electron chi connectivity index (χ4n) is 5.79. The maximum Gasteiger partial charge on any atom is 0.355 e. The van der Waals surface area contributed by atoms with Gasteiger partial charge in [0.25, 0.3) is 0 Å². The van der Waals surface area contributed by atoms with Crippen molar-refractivity contribution in [1.29, 1.82) is 0 Å². The molecule has 1 amide bonds. The van der Waals surface area contributed by atoms with E-state index in [-0.39, 0.29) is 45.7 Å². The lowest BCUT2D eigenvalue weighted by Crippen LogP contribution is -2.54. The minimum atomic E-state index is -0.562. The number of aromatic nitrogens is 5. The highest BCUT2D eigenvalue weighted by molar-refractivity contribution is 6.33. The molecule has 46 heavy (non-hydrogen) atoms. The molecule has 0 radical (unpaired) electrons. The van der Waals surface area contributed by atoms with Crippen LogP contribution in [0.5, 0.6) is 0 Å². The highest BCUT2D eigenvalue weighted by Crippen LogP contribution is 2.36. The molecule has 0 saturated carbocycles. The summed E-state index contributed by atoms with van der Waals surface area (Å²) in [6, 6.07) is 7.79. The van der Waals surface area contributed by atoms with Crippen LogP contribution in [0, 0.1) is 5.82 Å². The van der Waals surface area contributed by atoms with Crippen LogP contribution in [0.15, 0.2) is 53.6 Å². The van der Waals surface area contributed by atoms with Crippen molar-refractivity contribution in [2.24, 2.45) is 0 Å². The minimum absolute atomic E-state index is 0.0483. The monoisotopic (exact) mass is 646 g/mol. The Bertz CT molecular complexity index is 1830. The average molecular weight is 647 g/mol. The lowest BCUT2D eigenvalue weighted by Gasteiger charge is -2.40. The van der Waals surface area contributed by atoms with Gasteiger partial charge in [-0.3, -0.25) is 4.79 Å². The lowest BCUT2D eigenvalue weighted by atomic mass is 10.0. The van der Waals surface area contributed by atoms with Gasteiger partial charge in [0.2, 0.25) is 5.91 Å². The van der Waals surface area contributed by atoms with E-state index in [2.05, 4.69) is 15.0 Å². The largest absolute Gasteiger partial charge is 0.355 e. The topological polar surface area (TPSA) is 100 Å². The number of hydrogen-bond donors (Lipinski definition) is 0. The fourth-order valence-corrected chi connectivity index (χ4v) is 6.04. The lowest BCUT2D eigenvalue weighted by molar-refractivity contribution is -0.126. The van der Waals surface area contributed by atoms with E-state index in [0.717, 1.165) is 0 Å². The molecule has 4 aromatic rings. The molecule has 1 aliphatic rings. The van der Waals surface area contributed by atoms with Gasteiger partial charge < -0.3 is 14.7 Å². The van der Waals surface area contributed by atoms with Crippen LogP contribution in [0.3, 0.4) is 0 Å². The van der Waals surface area contributed by atoms with Gasteiger partial charge in [0.05, 0.1) is 33.2 Å². The summed E-state index contributed by atoms with van der Waals surface area (Å²) in [5.41, 5.74) is 1.99. The molecule has 12 heteroatoms. The van der Waals surface area contributed by atoms with Crippen LogP contribution in [0.4, 0.5) is 10.2 Å². The Balaban J connectivity index is 1.72. The normalized spacial score (nSPS) is 15.7. The Morgan fingerprint density at radius 2 is 1.76 bits per heavy atom. The smallest absolute Gasteiger partial charge is 0.350 e. The number of likely N-dealkylation sites (N-methyl/N-ethyl adjacent to an activating group) is 1. The number of pyridine rings is 1. The first-order valence-corrected chi connectivity index (χ1v) is 15.9. The molecule has 3 aromatic heterocycles. The predicted molar refractivity (Wildman–Crippen MR) is 180 cm³/mol. The van der Waals surface area contributed by atoms with E-state index in [0.29, 0.717) is 54.5 Å². The van der Waals surface area contributed by atoms with E-state index in [1.807, 2.05) is 64.6 Å². The number of benzene rings is 1. The summed E-state index contributed by atoms with van der Waals surface area (Å²) in [7, 11) is 3.89. The summed E-state index contributed by atoms with van der Waals surface area (Å²) >= 11 is 6.84. The molecule has 10 nitrogen and oxygen atoms in total. The number of fused-ring (bicyclic) bond motifs is 1. The Morgan fingerprint density at radius 1 is 1.09 bits per heavy atom. The van der Waals surface area contributed by atoms with Gasteiger partial charge in [0, 0.05) is 43.9 Å². The van der Waals surface area contributed by atoms with Crippen molar-refractivity contribution < 1.29 is 9.18 Å². The van der Waals surface area contributed by atoms with Crippen molar-refractivity contribution in [3.05, 3.63) is 81.5 Å². The van der Waals surface area contributed by atoms with Crippen LogP contribution in [-0.4, -0.2) is 86.5 Å². The molecule has 1 fully saturated rings. The predicted octanol–water partition coefficient (Wildman–Crippen LogP) is 5.43. The molecular weight excluding hydrogens is 607 g/mol. The van der Waals surface area contributed by atoms with Crippen LogP contribution in [-0.2, 0) is 4.79 Å². The Hall–Kier alpha value is -4.22. The summed E-state index contributed by atoms with van der Waals surface area (Å²) in [5.74, 6) is -0.238. The van der Waals surface area contributed by atoms with Crippen LogP contribution < -0.4 is 10.6 Å². The maximum absolute atomic E-state index is 15.1. The first-order valence-electron chi connectivity index (χ1n) is 15.5. The highest BCUT2D eigenvalue weighted by Gasteiger charge is 2.31. The summed E-state index contributed by atoms with van der Waals surface area (Å²) in [6.07, 6.45) is 4.96. The molecule has 0 aliphatic carbocycles. The van der Waals surface area contributed by atoms with Crippen molar-refractivity contribution in [2.45, 2.75) is 52.5 Å². The number of carbonyl (C=O) groups excluding carboxylic acids is 1. The Labute approximate surface area is 273 Å². The zero-order chi connectivity index (χ0) is 33.3. The molecule has 4 heterocycles. The molecule has 1 aromatic carbocycles. The van der Waals surface area contributed by atoms with Gasteiger partial charge >= 0.3 is 5.69 Å². The summed E-state index contributed by atoms with van der Waals surface area (Å²) in [6.45, 7) is 12.0. The standard InChI is InChI=1S/C34H40ClFN8O2/c1-20(2)28-31(29(21(3)4)38-19-37-28)44-33-24(17-25(35)30(39-33)23-11-8-9-12-26(23)36)32(40-34(44)46)43-16-15-42(18-22(43)5)27(45)13-10-14-41(6)7/h8-13,17,19-22H,14-16,18H2,1-7H3/b13-10+. The molecule has 0 N–H and O–H groups in total. The zero-order valence-corrected chi connectivity index (χ0v) is 28.1. The number of halogens is 2. The van der Waals surface area contributed by atoms with E-state index >= 15 is 4.39 Å². The molecule has 242 valence electrons. The molecule has 1 saturated heterocycles. The number of piperazine rings is 1. The van der Waals surface area contributed by atoms with Crippen LogP contribution in [0.1, 0.15) is 57.8 Å². The third-order valence-electron chi connectivity index (χ3n) is 8.07. The number of nitrogens with zero attached hydrogens (tertiary/aromatic N) is 8. The molecule has 5 rings (SSSR count). The van der Waals surface area contributed by atoms with Crippen molar-refractivity contribution in [3.63, 3.8) is 0 Å². The van der Waals surface area contributed by atoms with Crippen molar-refractivity contribution in [3.8, 4) is 16.9 Å².